The van der Waals surface area contributed by atoms with Gasteiger partial charge in [-0.1, -0.05) is 151 Å². The van der Waals surface area contributed by atoms with Crippen LogP contribution in [0.5, 0.6) is 0 Å². The summed E-state index contributed by atoms with van der Waals surface area (Å²) in [5.74, 6) is 0. The highest BCUT2D eigenvalue weighted by Gasteiger charge is 2.24. The Morgan fingerprint density at radius 2 is 1.06 bits per heavy atom. The Labute approximate surface area is 335 Å². The summed E-state index contributed by atoms with van der Waals surface area (Å²) in [5.41, 5.74) is 0.468. The molecule has 4 unspecified atom stereocenters. The van der Waals surface area contributed by atoms with Crippen molar-refractivity contribution in [3.8, 4) is 44.5 Å². The van der Waals surface area contributed by atoms with E-state index in [1.54, 1.807) is 18.2 Å². The summed E-state index contributed by atoms with van der Waals surface area (Å²) in [4.78, 5) is 0. The topological polar surface area (TPSA) is 13.1 Å². The number of benzene rings is 9. The van der Waals surface area contributed by atoms with Gasteiger partial charge in [0, 0.05) is 16.3 Å². The second-order valence-corrected chi connectivity index (χ2v) is 12.8. The molecule has 0 saturated carbocycles. The maximum atomic E-state index is 9.95. The molecule has 0 bridgehead atoms. The number of fused-ring (bicyclic) bond motifs is 7. The van der Waals surface area contributed by atoms with Gasteiger partial charge in [-0.05, 0) is 132 Å². The smallest absolute Gasteiger partial charge is 0.136 e. The molecule has 0 saturated heterocycles. The molecule has 0 N–H and O–H groups in total. The van der Waals surface area contributed by atoms with Gasteiger partial charge in [0.25, 0.3) is 0 Å². The summed E-state index contributed by atoms with van der Waals surface area (Å²) in [7, 11) is 0. The van der Waals surface area contributed by atoms with Crippen LogP contribution < -0.4 is 0 Å². The van der Waals surface area contributed by atoms with Crippen molar-refractivity contribution in [2.75, 3.05) is 0 Å². The van der Waals surface area contributed by atoms with Gasteiger partial charge in [-0.25, -0.2) is 0 Å². The van der Waals surface area contributed by atoms with E-state index in [2.05, 4.69) is 0 Å². The summed E-state index contributed by atoms with van der Waals surface area (Å²) >= 11 is 0. The Kier molecular flexibility index (Phi) is 3.86. The predicted octanol–water partition coefficient (Wildman–Crippen LogP) is 14.6. The largest absolute Gasteiger partial charge is 0.456 e. The van der Waals surface area contributed by atoms with Crippen LogP contribution in [0.3, 0.4) is 0 Å². The Morgan fingerprint density at radius 3 is 1.83 bits per heavy atom. The van der Waals surface area contributed by atoms with Crippen molar-refractivity contribution in [2.45, 2.75) is 25.6 Å². The lowest BCUT2D eigenvalue weighted by atomic mass is 9.78. The van der Waals surface area contributed by atoms with Crippen LogP contribution in [0.15, 0.2) is 174 Å². The first-order valence-corrected chi connectivity index (χ1v) is 17.0. The summed E-state index contributed by atoms with van der Waals surface area (Å²) in [6.07, 6.45) is -6.70. The predicted molar refractivity (Wildman–Crippen MR) is 225 cm³/mol. The van der Waals surface area contributed by atoms with Gasteiger partial charge in [-0.2, -0.15) is 0 Å². The van der Waals surface area contributed by atoms with E-state index in [1.165, 1.54) is 0 Å². The molecule has 0 amide bonds. The normalized spacial score (nSPS) is 23.6. The zero-order valence-corrected chi connectivity index (χ0v) is 27.7. The van der Waals surface area contributed by atoms with Crippen LogP contribution in [0.25, 0.3) is 98.8 Å². The van der Waals surface area contributed by atoms with Crippen LogP contribution in [-0.2, 0) is 12.8 Å². The average molecular weight is 696 g/mol. The third-order valence-corrected chi connectivity index (χ3v) is 10.0. The van der Waals surface area contributed by atoms with Crippen LogP contribution in [0.1, 0.15) is 50.0 Å². The molecule has 1 heteroatoms. The molecule has 53 heavy (non-hydrogen) atoms. The average Bonchev–Trinajstić information content (AvgIpc) is 3.76. The minimum atomic E-state index is -1.78. The van der Waals surface area contributed by atoms with Gasteiger partial charge < -0.3 is 4.42 Å². The van der Waals surface area contributed by atoms with Gasteiger partial charge in [0.15, 0.2) is 0 Å². The molecule has 11 rings (SSSR count). The van der Waals surface area contributed by atoms with Crippen molar-refractivity contribution < 1.29 is 30.5 Å². The fourth-order valence-corrected chi connectivity index (χ4v) is 7.77. The van der Waals surface area contributed by atoms with E-state index >= 15 is 0 Å². The molecule has 1 heterocycles. The molecule has 0 aliphatic heterocycles. The van der Waals surface area contributed by atoms with E-state index < -0.39 is 160 Å². The Hall–Kier alpha value is -6.44. The minimum Gasteiger partial charge on any atom is -0.456 e. The van der Waals surface area contributed by atoms with Crippen LogP contribution in [0.4, 0.5) is 0 Å². The first kappa shape index (κ1) is 16.9. The molecule has 0 spiro atoms. The lowest BCUT2D eigenvalue weighted by Crippen LogP contribution is -2.07. The van der Waals surface area contributed by atoms with E-state index in [0.29, 0.717) is 16.6 Å². The van der Waals surface area contributed by atoms with Crippen molar-refractivity contribution in [2.24, 2.45) is 0 Å². The van der Waals surface area contributed by atoms with Crippen molar-refractivity contribution in [3.05, 3.63) is 181 Å². The van der Waals surface area contributed by atoms with E-state index in [-0.39, 0.29) is 22.3 Å². The van der Waals surface area contributed by atoms with Crippen molar-refractivity contribution in [3.63, 3.8) is 0 Å². The highest BCUT2D eigenvalue weighted by atomic mass is 16.3. The zero-order chi connectivity index (χ0) is 51.4. The second-order valence-electron chi connectivity index (χ2n) is 12.8. The molecule has 9 aromatic carbocycles. The minimum absolute atomic E-state index is 0.0510. The molecular weight excluding hydrogens is 641 g/mol. The van der Waals surface area contributed by atoms with E-state index in [0.717, 1.165) is 27.3 Å². The maximum Gasteiger partial charge on any atom is 0.136 e. The first-order valence-electron chi connectivity index (χ1n) is 26.8. The number of rotatable bonds is 4. The number of hydrogen-bond donors (Lipinski definition) is 0. The molecule has 0 fully saturated rings. The fourth-order valence-electron chi connectivity index (χ4n) is 7.77. The monoisotopic (exact) mass is 695 g/mol. The molecular formula is C52H36O. The third kappa shape index (κ3) is 4.70. The molecule has 0 radical (unpaired) electrons. The highest BCUT2D eigenvalue weighted by molar-refractivity contribution is 6.22. The fraction of sp³-hybridized carbons (Fsp3) is 0.0769. The lowest BCUT2D eigenvalue weighted by Gasteiger charge is -2.25. The Bertz CT molecular complexity index is 3970. The summed E-state index contributed by atoms with van der Waals surface area (Å²) in [6.45, 7) is 0. The molecule has 1 nitrogen and oxygen atoms in total. The second kappa shape index (κ2) is 12.1. The van der Waals surface area contributed by atoms with Crippen LogP contribution in [0, 0.1) is 0 Å². The van der Waals surface area contributed by atoms with Gasteiger partial charge in [-0.3, -0.25) is 0 Å². The van der Waals surface area contributed by atoms with E-state index in [4.69, 9.17) is 19.5 Å². The van der Waals surface area contributed by atoms with Gasteiger partial charge in [0.1, 0.15) is 11.2 Å². The van der Waals surface area contributed by atoms with Crippen LogP contribution in [-0.4, -0.2) is 0 Å². The molecule has 10 aromatic rings. The molecule has 250 valence electrons. The third-order valence-electron chi connectivity index (χ3n) is 10.0. The quantitative estimate of drug-likeness (QED) is 0.167. The molecule has 1 aliphatic carbocycles. The van der Waals surface area contributed by atoms with Crippen molar-refractivity contribution in [1.82, 2.24) is 0 Å². The Morgan fingerprint density at radius 1 is 0.434 bits per heavy atom. The summed E-state index contributed by atoms with van der Waals surface area (Å²) in [5, 5.41) is 1.40. The van der Waals surface area contributed by atoms with Crippen molar-refractivity contribution in [1.29, 1.82) is 0 Å². The molecule has 1 aliphatic rings. The zero-order valence-electron chi connectivity index (χ0n) is 46.7. The van der Waals surface area contributed by atoms with Crippen LogP contribution >= 0.6 is 0 Å². The van der Waals surface area contributed by atoms with Gasteiger partial charge in [0.05, 0.1) is 20.6 Å². The number of furan rings is 1. The van der Waals surface area contributed by atoms with E-state index in [1.807, 2.05) is 60.7 Å². The standard InChI is InChI=1S/C52H36O/c1-2-15-34(16-3-1)50-42-21-8-10-23-44(42)51(45-24-11-9-22-43(45)50)46-31-30-37(38-19-6-7-20-40(38)46)35-28-29-47-49(32-35)53-48-27-13-26-41(52(47)48)39-25-12-17-33-14-4-5-18-36(33)39/h1-5,8-18,21-32H,6-7,19-20H2/i1D,2D,3D,6D,7D,8D,9D,10D,11D,15D,16D,19D,20D,21D,22D,23D,24D,30D,31D. The van der Waals surface area contributed by atoms with Gasteiger partial charge >= 0.3 is 0 Å². The highest BCUT2D eigenvalue weighted by Crippen LogP contribution is 2.47. The summed E-state index contributed by atoms with van der Waals surface area (Å²) < 4.78 is 180. The van der Waals surface area contributed by atoms with Crippen molar-refractivity contribution >= 4 is 54.3 Å². The van der Waals surface area contributed by atoms with Gasteiger partial charge in [-0.15, -0.1) is 0 Å². The maximum absolute atomic E-state index is 9.95. The Balaban J connectivity index is 1.30. The summed E-state index contributed by atoms with van der Waals surface area (Å²) in [6, 6.07) is 12.6. The SMILES string of the molecule is [2H]c1c([2H])c([2H])c(-c2c3c([2H])c([2H])c([2H])c([2H])c3c(-c3c([2H])c([2H])c(-c4ccc5c(c4)oc4cccc(-c6cccc7ccccc67)c45)c4c3C([2H])C([2H])C([2H])C4[2H])c3c([2H])c([2H])c([2H])c([2H])c23)c([2H])c1[2H]. The molecule has 4 atom stereocenters. The first-order chi connectivity index (χ1) is 34.2. The lowest BCUT2D eigenvalue weighted by molar-refractivity contribution is 0.669. The number of hydrogen-bond acceptors (Lipinski definition) is 1. The van der Waals surface area contributed by atoms with Crippen LogP contribution in [0.2, 0.25) is 0 Å². The van der Waals surface area contributed by atoms with Gasteiger partial charge in [0.2, 0.25) is 0 Å². The molecule has 1 aromatic heterocycles. The van der Waals surface area contributed by atoms with E-state index in [9.17, 15) is 11.0 Å².